The molecule has 0 fully saturated rings. The zero-order chi connectivity index (χ0) is 15.4. The zero-order valence-corrected chi connectivity index (χ0v) is 12.7. The summed E-state index contributed by atoms with van der Waals surface area (Å²) in [6.07, 6.45) is 4.37. The number of nitrogens with one attached hydrogen (secondary N) is 1. The molecule has 0 radical (unpaired) electrons. The van der Waals surface area contributed by atoms with Crippen LogP contribution in [0.3, 0.4) is 0 Å². The highest BCUT2D eigenvalue weighted by Gasteiger charge is 2.06. The number of hydrogen-bond acceptors (Lipinski definition) is 5. The number of aromatic nitrogens is 5. The molecule has 0 bridgehead atoms. The van der Waals surface area contributed by atoms with E-state index in [-0.39, 0.29) is 0 Å². The van der Waals surface area contributed by atoms with Crippen LogP contribution >= 0.6 is 0 Å². The third kappa shape index (κ3) is 3.28. The maximum Gasteiger partial charge on any atom is 0.224 e. The Morgan fingerprint density at radius 1 is 1.09 bits per heavy atom. The van der Waals surface area contributed by atoms with Crippen LogP contribution in [0.25, 0.3) is 5.82 Å². The van der Waals surface area contributed by atoms with E-state index < -0.39 is 0 Å². The summed E-state index contributed by atoms with van der Waals surface area (Å²) in [4.78, 5) is 13.0. The minimum atomic E-state index is 0.598. The summed E-state index contributed by atoms with van der Waals surface area (Å²) in [5.41, 5.74) is 3.07. The summed E-state index contributed by atoms with van der Waals surface area (Å²) in [6.45, 7) is 4.71. The van der Waals surface area contributed by atoms with E-state index >= 15 is 0 Å². The molecule has 0 unspecified atom stereocenters. The minimum Gasteiger partial charge on any atom is -0.354 e. The standard InChI is InChI=1S/C16H18N6/c1-12-11-13(2)22(21-12)15-7-10-19-16(20-15)18-9-6-14-5-3-4-8-17-14/h3-5,7-8,10-11H,6,9H2,1-2H3,(H,18,19,20). The topological polar surface area (TPSA) is 68.5 Å². The van der Waals surface area contributed by atoms with Crippen LogP contribution in [0.15, 0.2) is 42.7 Å². The van der Waals surface area contributed by atoms with Crippen molar-refractivity contribution in [3.8, 4) is 5.82 Å². The number of nitrogens with zero attached hydrogens (tertiary/aromatic N) is 5. The maximum absolute atomic E-state index is 4.51. The van der Waals surface area contributed by atoms with Crippen LogP contribution in [-0.4, -0.2) is 31.3 Å². The Morgan fingerprint density at radius 3 is 2.73 bits per heavy atom. The van der Waals surface area contributed by atoms with Gasteiger partial charge in [0.25, 0.3) is 0 Å². The maximum atomic E-state index is 4.51. The van der Waals surface area contributed by atoms with Crippen LogP contribution in [0, 0.1) is 13.8 Å². The molecule has 112 valence electrons. The fourth-order valence-corrected chi connectivity index (χ4v) is 2.26. The van der Waals surface area contributed by atoms with E-state index in [1.54, 1.807) is 12.4 Å². The quantitative estimate of drug-likeness (QED) is 0.782. The van der Waals surface area contributed by atoms with Gasteiger partial charge in [0.1, 0.15) is 0 Å². The number of anilines is 1. The van der Waals surface area contributed by atoms with Crippen molar-refractivity contribution < 1.29 is 0 Å². The van der Waals surface area contributed by atoms with Gasteiger partial charge in [-0.3, -0.25) is 4.98 Å². The largest absolute Gasteiger partial charge is 0.354 e. The van der Waals surface area contributed by atoms with Gasteiger partial charge in [-0.2, -0.15) is 10.1 Å². The van der Waals surface area contributed by atoms with Crippen LogP contribution in [0.1, 0.15) is 17.1 Å². The molecule has 0 spiro atoms. The van der Waals surface area contributed by atoms with Crippen LogP contribution < -0.4 is 5.32 Å². The van der Waals surface area contributed by atoms with Crippen LogP contribution in [0.5, 0.6) is 0 Å². The fourth-order valence-electron chi connectivity index (χ4n) is 2.26. The lowest BCUT2D eigenvalue weighted by Crippen LogP contribution is -2.10. The number of aryl methyl sites for hydroxylation is 2. The average Bonchev–Trinajstić information content (AvgIpc) is 2.87. The van der Waals surface area contributed by atoms with E-state index in [1.807, 2.05) is 48.9 Å². The van der Waals surface area contributed by atoms with Gasteiger partial charge in [-0.05, 0) is 32.0 Å². The Kier molecular flexibility index (Phi) is 4.09. The van der Waals surface area contributed by atoms with E-state index in [0.717, 1.165) is 35.9 Å². The predicted octanol–water partition coefficient (Wildman–Crippen LogP) is 2.33. The molecule has 3 rings (SSSR count). The van der Waals surface area contributed by atoms with Crippen LogP contribution in [-0.2, 0) is 6.42 Å². The van der Waals surface area contributed by atoms with Crippen molar-refractivity contribution in [3.05, 3.63) is 59.8 Å². The molecule has 0 aliphatic carbocycles. The Bertz CT molecular complexity index is 750. The smallest absolute Gasteiger partial charge is 0.224 e. The molecule has 1 N–H and O–H groups in total. The normalized spacial score (nSPS) is 10.6. The lowest BCUT2D eigenvalue weighted by Gasteiger charge is -2.07. The van der Waals surface area contributed by atoms with Crippen molar-refractivity contribution in [1.82, 2.24) is 24.7 Å². The first-order chi connectivity index (χ1) is 10.7. The summed E-state index contributed by atoms with van der Waals surface area (Å²) in [5.74, 6) is 1.36. The molecular formula is C16H18N6. The second-order valence-electron chi connectivity index (χ2n) is 5.08. The summed E-state index contributed by atoms with van der Waals surface area (Å²) >= 11 is 0. The van der Waals surface area contributed by atoms with Gasteiger partial charge < -0.3 is 5.32 Å². The number of hydrogen-bond donors (Lipinski definition) is 1. The summed E-state index contributed by atoms with van der Waals surface area (Å²) in [5, 5.41) is 7.66. The molecule has 22 heavy (non-hydrogen) atoms. The van der Waals surface area contributed by atoms with Crippen molar-refractivity contribution >= 4 is 5.95 Å². The Labute approximate surface area is 129 Å². The second kappa shape index (κ2) is 6.34. The van der Waals surface area contributed by atoms with Gasteiger partial charge in [0.15, 0.2) is 5.82 Å². The van der Waals surface area contributed by atoms with Crippen molar-refractivity contribution in [1.29, 1.82) is 0 Å². The molecule has 3 heterocycles. The van der Waals surface area contributed by atoms with Gasteiger partial charge in [-0.15, -0.1) is 0 Å². The first-order valence-corrected chi connectivity index (χ1v) is 7.23. The molecule has 0 amide bonds. The molecule has 0 aromatic carbocycles. The zero-order valence-electron chi connectivity index (χ0n) is 12.7. The average molecular weight is 294 g/mol. The van der Waals surface area contributed by atoms with Crippen LogP contribution in [0.2, 0.25) is 0 Å². The van der Waals surface area contributed by atoms with Gasteiger partial charge in [0.05, 0.1) is 5.69 Å². The first kappa shape index (κ1) is 14.2. The Balaban J connectivity index is 1.68. The summed E-state index contributed by atoms with van der Waals surface area (Å²) in [7, 11) is 0. The van der Waals surface area contributed by atoms with Gasteiger partial charge >= 0.3 is 0 Å². The molecule has 3 aromatic rings. The third-order valence-electron chi connectivity index (χ3n) is 3.26. The van der Waals surface area contributed by atoms with E-state index in [9.17, 15) is 0 Å². The Morgan fingerprint density at radius 2 is 2.00 bits per heavy atom. The Hall–Kier alpha value is -2.76. The summed E-state index contributed by atoms with van der Waals surface area (Å²) < 4.78 is 1.82. The predicted molar refractivity (Wildman–Crippen MR) is 85.1 cm³/mol. The molecule has 0 atom stereocenters. The van der Waals surface area contributed by atoms with E-state index in [1.165, 1.54) is 0 Å². The van der Waals surface area contributed by atoms with Gasteiger partial charge in [-0.25, -0.2) is 9.67 Å². The molecule has 6 heteroatoms. The molecular weight excluding hydrogens is 276 g/mol. The van der Waals surface area contributed by atoms with Crippen molar-refractivity contribution in [2.45, 2.75) is 20.3 Å². The lowest BCUT2D eigenvalue weighted by atomic mass is 10.3. The highest BCUT2D eigenvalue weighted by Crippen LogP contribution is 2.10. The third-order valence-corrected chi connectivity index (χ3v) is 3.26. The van der Waals surface area contributed by atoms with Crippen molar-refractivity contribution in [3.63, 3.8) is 0 Å². The monoisotopic (exact) mass is 294 g/mol. The highest BCUT2D eigenvalue weighted by atomic mass is 15.3. The SMILES string of the molecule is Cc1cc(C)n(-c2ccnc(NCCc3ccccn3)n2)n1. The first-order valence-electron chi connectivity index (χ1n) is 7.23. The molecule has 0 aliphatic heterocycles. The van der Waals surface area contributed by atoms with Crippen molar-refractivity contribution in [2.75, 3.05) is 11.9 Å². The van der Waals surface area contributed by atoms with Gasteiger partial charge in [0.2, 0.25) is 5.95 Å². The highest BCUT2D eigenvalue weighted by molar-refractivity contribution is 5.33. The molecule has 0 saturated carbocycles. The second-order valence-corrected chi connectivity index (χ2v) is 5.08. The van der Waals surface area contributed by atoms with Gasteiger partial charge in [0, 0.05) is 42.8 Å². The number of rotatable bonds is 5. The molecule has 0 saturated heterocycles. The lowest BCUT2D eigenvalue weighted by molar-refractivity contribution is 0.800. The van der Waals surface area contributed by atoms with E-state index in [0.29, 0.717) is 5.95 Å². The molecule has 6 nitrogen and oxygen atoms in total. The summed E-state index contributed by atoms with van der Waals surface area (Å²) in [6, 6.07) is 9.79. The fraction of sp³-hybridized carbons (Fsp3) is 0.250. The van der Waals surface area contributed by atoms with E-state index in [4.69, 9.17) is 0 Å². The number of pyridine rings is 1. The van der Waals surface area contributed by atoms with Crippen LogP contribution in [0.4, 0.5) is 5.95 Å². The van der Waals surface area contributed by atoms with Gasteiger partial charge in [-0.1, -0.05) is 6.07 Å². The molecule has 0 aliphatic rings. The van der Waals surface area contributed by atoms with E-state index in [2.05, 4.69) is 25.4 Å². The molecule has 3 aromatic heterocycles. The minimum absolute atomic E-state index is 0.598. The van der Waals surface area contributed by atoms with Crippen molar-refractivity contribution in [2.24, 2.45) is 0 Å².